The zero-order valence-electron chi connectivity index (χ0n) is 12.0. The molecule has 0 saturated carbocycles. The van der Waals surface area contributed by atoms with Crippen molar-refractivity contribution in [3.63, 3.8) is 0 Å². The van der Waals surface area contributed by atoms with Gasteiger partial charge in [0.15, 0.2) is 0 Å². The number of carboxylic acids is 1. The molecule has 2 aromatic rings. The fourth-order valence-electron chi connectivity index (χ4n) is 2.38. The fraction of sp³-hybridized carbons (Fsp3) is 0.235. The zero-order chi connectivity index (χ0) is 15.4. The van der Waals surface area contributed by atoms with Gasteiger partial charge in [-0.1, -0.05) is 24.3 Å². The molecule has 110 valence electrons. The summed E-state index contributed by atoms with van der Waals surface area (Å²) in [7, 11) is 1.56. The first-order valence-corrected chi connectivity index (χ1v) is 6.63. The molecule has 0 aliphatic rings. The summed E-state index contributed by atoms with van der Waals surface area (Å²) in [5, 5.41) is 9.48. The maximum absolute atomic E-state index is 13.7. The highest BCUT2D eigenvalue weighted by Gasteiger charge is 2.23. The molecule has 21 heavy (non-hydrogen) atoms. The van der Waals surface area contributed by atoms with Crippen LogP contribution in [0.1, 0.15) is 22.6 Å². The van der Waals surface area contributed by atoms with Crippen LogP contribution < -0.4 is 4.74 Å². The molecule has 3 nitrogen and oxygen atoms in total. The van der Waals surface area contributed by atoms with Crippen molar-refractivity contribution >= 4 is 5.97 Å². The van der Waals surface area contributed by atoms with Gasteiger partial charge >= 0.3 is 5.97 Å². The van der Waals surface area contributed by atoms with Crippen LogP contribution in [-0.2, 0) is 11.2 Å². The Morgan fingerprint density at radius 1 is 1.29 bits per heavy atom. The minimum absolute atomic E-state index is 0.120. The Labute approximate surface area is 123 Å². The quantitative estimate of drug-likeness (QED) is 0.915. The molecule has 2 rings (SSSR count). The number of halogens is 1. The number of carbonyl (C=O) groups is 1. The summed E-state index contributed by atoms with van der Waals surface area (Å²) in [6, 6.07) is 11.5. The molecule has 0 aliphatic carbocycles. The van der Waals surface area contributed by atoms with E-state index in [1.165, 1.54) is 6.07 Å². The van der Waals surface area contributed by atoms with E-state index >= 15 is 0 Å². The van der Waals surface area contributed by atoms with Gasteiger partial charge in [0.05, 0.1) is 13.0 Å². The highest BCUT2D eigenvalue weighted by molar-refractivity contribution is 5.77. The first-order chi connectivity index (χ1) is 10.0. The number of carboxylic acid groups (broad SMARTS) is 1. The van der Waals surface area contributed by atoms with E-state index in [9.17, 15) is 14.3 Å². The topological polar surface area (TPSA) is 46.5 Å². The van der Waals surface area contributed by atoms with Gasteiger partial charge in [-0.2, -0.15) is 0 Å². The predicted octanol–water partition coefficient (Wildman–Crippen LogP) is 3.55. The van der Waals surface area contributed by atoms with Gasteiger partial charge in [-0.3, -0.25) is 4.79 Å². The third-order valence-electron chi connectivity index (χ3n) is 3.53. The number of aryl methyl sites for hydroxylation is 1. The van der Waals surface area contributed by atoms with Crippen LogP contribution in [0, 0.1) is 12.7 Å². The van der Waals surface area contributed by atoms with Crippen molar-refractivity contribution in [1.82, 2.24) is 0 Å². The van der Waals surface area contributed by atoms with Crippen molar-refractivity contribution in [3.8, 4) is 5.75 Å². The van der Waals surface area contributed by atoms with Gasteiger partial charge in [-0.05, 0) is 48.2 Å². The highest BCUT2D eigenvalue weighted by Crippen LogP contribution is 2.28. The van der Waals surface area contributed by atoms with Gasteiger partial charge in [-0.15, -0.1) is 0 Å². The number of methoxy groups -OCH3 is 1. The molecule has 1 N–H and O–H groups in total. The Kier molecular flexibility index (Phi) is 4.58. The van der Waals surface area contributed by atoms with Crippen LogP contribution in [0.3, 0.4) is 0 Å². The Balaban J connectivity index is 2.36. The lowest BCUT2D eigenvalue weighted by Crippen LogP contribution is -2.16. The third-order valence-corrected chi connectivity index (χ3v) is 3.53. The van der Waals surface area contributed by atoms with Gasteiger partial charge in [0, 0.05) is 0 Å². The van der Waals surface area contributed by atoms with E-state index in [-0.39, 0.29) is 12.2 Å². The Bertz CT molecular complexity index is 652. The molecule has 0 fully saturated rings. The number of hydrogen-bond donors (Lipinski definition) is 1. The van der Waals surface area contributed by atoms with Crippen LogP contribution in [0.25, 0.3) is 0 Å². The molecule has 0 amide bonds. The van der Waals surface area contributed by atoms with E-state index in [4.69, 9.17) is 4.74 Å². The van der Waals surface area contributed by atoms with Crippen molar-refractivity contribution in [2.24, 2.45) is 0 Å². The number of benzene rings is 2. The highest BCUT2D eigenvalue weighted by atomic mass is 19.1. The van der Waals surface area contributed by atoms with Crippen LogP contribution in [0.15, 0.2) is 42.5 Å². The number of rotatable bonds is 5. The van der Waals surface area contributed by atoms with Crippen LogP contribution in [-0.4, -0.2) is 18.2 Å². The van der Waals surface area contributed by atoms with Crippen LogP contribution >= 0.6 is 0 Å². The van der Waals surface area contributed by atoms with Gasteiger partial charge in [0.2, 0.25) is 0 Å². The minimum atomic E-state index is -0.966. The van der Waals surface area contributed by atoms with E-state index < -0.39 is 11.9 Å². The number of aliphatic carboxylic acids is 1. The van der Waals surface area contributed by atoms with Crippen molar-refractivity contribution in [2.75, 3.05) is 7.11 Å². The van der Waals surface area contributed by atoms with Crippen LogP contribution in [0.2, 0.25) is 0 Å². The standard InChI is InChI=1S/C17H17FO3/c1-11-9-13(21-2)7-8-14(11)15(17(19)20)10-12-5-3-4-6-16(12)18/h3-9,15H,10H2,1-2H3,(H,19,20). The number of ether oxygens (including phenoxy) is 1. The largest absolute Gasteiger partial charge is 0.497 e. The summed E-state index contributed by atoms with van der Waals surface area (Å²) < 4.78 is 18.9. The average Bonchev–Trinajstić information content (AvgIpc) is 2.46. The smallest absolute Gasteiger partial charge is 0.311 e. The summed E-state index contributed by atoms with van der Waals surface area (Å²) in [6.45, 7) is 1.83. The molecule has 0 radical (unpaired) electrons. The second kappa shape index (κ2) is 6.39. The third kappa shape index (κ3) is 3.40. The van der Waals surface area contributed by atoms with E-state index in [1.807, 2.05) is 6.92 Å². The van der Waals surface area contributed by atoms with Crippen LogP contribution in [0.4, 0.5) is 4.39 Å². The molecule has 1 unspecified atom stereocenters. The maximum Gasteiger partial charge on any atom is 0.311 e. The maximum atomic E-state index is 13.7. The minimum Gasteiger partial charge on any atom is -0.497 e. The zero-order valence-corrected chi connectivity index (χ0v) is 12.0. The van der Waals surface area contributed by atoms with E-state index in [2.05, 4.69) is 0 Å². The first kappa shape index (κ1) is 15.0. The average molecular weight is 288 g/mol. The molecular weight excluding hydrogens is 271 g/mol. The summed E-state index contributed by atoms with van der Waals surface area (Å²) in [6.07, 6.45) is 0.120. The lowest BCUT2D eigenvalue weighted by molar-refractivity contribution is -0.138. The van der Waals surface area contributed by atoms with Crippen molar-refractivity contribution in [1.29, 1.82) is 0 Å². The van der Waals surface area contributed by atoms with Crippen LogP contribution in [0.5, 0.6) is 5.75 Å². The Morgan fingerprint density at radius 3 is 2.57 bits per heavy atom. The normalized spacial score (nSPS) is 12.0. The molecule has 4 heteroatoms. The van der Waals surface area contributed by atoms with Crippen molar-refractivity contribution in [2.45, 2.75) is 19.3 Å². The monoisotopic (exact) mass is 288 g/mol. The molecule has 0 bridgehead atoms. The molecule has 0 heterocycles. The Morgan fingerprint density at radius 2 is 2.00 bits per heavy atom. The first-order valence-electron chi connectivity index (χ1n) is 6.63. The molecule has 0 aromatic heterocycles. The van der Waals surface area contributed by atoms with Gasteiger partial charge < -0.3 is 9.84 Å². The van der Waals surface area contributed by atoms with Crippen molar-refractivity contribution in [3.05, 3.63) is 65.0 Å². The summed E-state index contributed by atoms with van der Waals surface area (Å²) >= 11 is 0. The molecule has 1 atom stereocenters. The summed E-state index contributed by atoms with van der Waals surface area (Å²) in [5.74, 6) is -1.46. The lowest BCUT2D eigenvalue weighted by atomic mass is 9.89. The van der Waals surface area contributed by atoms with Gasteiger partial charge in [0.25, 0.3) is 0 Å². The lowest BCUT2D eigenvalue weighted by Gasteiger charge is -2.16. The van der Waals surface area contributed by atoms with Crippen molar-refractivity contribution < 1.29 is 19.0 Å². The second-order valence-corrected chi connectivity index (χ2v) is 4.91. The summed E-state index contributed by atoms with van der Waals surface area (Å²) in [4.78, 5) is 11.6. The second-order valence-electron chi connectivity index (χ2n) is 4.91. The number of hydrogen-bond acceptors (Lipinski definition) is 2. The SMILES string of the molecule is COc1ccc(C(Cc2ccccc2F)C(=O)O)c(C)c1. The molecule has 2 aromatic carbocycles. The van der Waals surface area contributed by atoms with Gasteiger partial charge in [-0.25, -0.2) is 4.39 Å². The van der Waals surface area contributed by atoms with E-state index in [1.54, 1.807) is 43.5 Å². The fourth-order valence-corrected chi connectivity index (χ4v) is 2.38. The van der Waals surface area contributed by atoms with E-state index in [0.717, 1.165) is 5.56 Å². The molecule has 0 spiro atoms. The Hall–Kier alpha value is -2.36. The molecule has 0 saturated heterocycles. The predicted molar refractivity (Wildman–Crippen MR) is 78.2 cm³/mol. The summed E-state index contributed by atoms with van der Waals surface area (Å²) in [5.41, 5.74) is 1.89. The molecule has 0 aliphatic heterocycles. The molecular formula is C17H17FO3. The van der Waals surface area contributed by atoms with E-state index in [0.29, 0.717) is 16.9 Å². The van der Waals surface area contributed by atoms with Gasteiger partial charge in [0.1, 0.15) is 11.6 Å².